The van der Waals surface area contributed by atoms with Gasteiger partial charge in [0.1, 0.15) is 28.9 Å². The van der Waals surface area contributed by atoms with Crippen LogP contribution in [0.4, 0.5) is 8.78 Å². The summed E-state index contributed by atoms with van der Waals surface area (Å²) in [6, 6.07) is 12.8. The van der Waals surface area contributed by atoms with Gasteiger partial charge in [-0.2, -0.15) is 4.31 Å². The van der Waals surface area contributed by atoms with Gasteiger partial charge in [-0.1, -0.05) is 0 Å². The monoisotopic (exact) mass is 473 g/mol. The van der Waals surface area contributed by atoms with E-state index in [0.29, 0.717) is 24.0 Å². The molecule has 172 valence electrons. The van der Waals surface area contributed by atoms with Gasteiger partial charge in [0.15, 0.2) is 0 Å². The van der Waals surface area contributed by atoms with Gasteiger partial charge in [0.05, 0.1) is 0 Å². The van der Waals surface area contributed by atoms with Gasteiger partial charge in [-0.05, 0) is 54.1 Å². The van der Waals surface area contributed by atoms with Crippen LogP contribution in [0, 0.1) is 11.6 Å². The third kappa shape index (κ3) is 5.18. The van der Waals surface area contributed by atoms with Gasteiger partial charge in [-0.25, -0.2) is 17.2 Å². The molecular formula is C23H21F2N3O4S. The smallest absolute Gasteiger partial charge is 0.253 e. The zero-order valence-electron chi connectivity index (χ0n) is 17.5. The molecule has 1 amide bonds. The van der Waals surface area contributed by atoms with E-state index >= 15 is 0 Å². The number of halogens is 2. The summed E-state index contributed by atoms with van der Waals surface area (Å²) >= 11 is 0. The molecule has 33 heavy (non-hydrogen) atoms. The van der Waals surface area contributed by atoms with Gasteiger partial charge < -0.3 is 9.64 Å². The Morgan fingerprint density at radius 1 is 0.939 bits per heavy atom. The number of nitrogens with zero attached hydrogens (tertiary/aromatic N) is 3. The highest BCUT2D eigenvalue weighted by molar-refractivity contribution is 7.89. The second-order valence-corrected chi connectivity index (χ2v) is 9.35. The summed E-state index contributed by atoms with van der Waals surface area (Å²) in [6.45, 7) is 0.708. The summed E-state index contributed by atoms with van der Waals surface area (Å²) in [7, 11) is -4.12. The Labute approximate surface area is 190 Å². The minimum Gasteiger partial charge on any atom is -0.489 e. The average molecular weight is 474 g/mol. The normalized spacial score (nSPS) is 14.8. The van der Waals surface area contributed by atoms with Crippen LogP contribution in [0.3, 0.4) is 0 Å². The number of hydrogen-bond acceptors (Lipinski definition) is 5. The van der Waals surface area contributed by atoms with Crippen LogP contribution in [0.15, 0.2) is 71.9 Å². The molecule has 0 N–H and O–H groups in total. The summed E-state index contributed by atoms with van der Waals surface area (Å²) in [4.78, 5) is 17.7. The van der Waals surface area contributed by atoms with Gasteiger partial charge in [-0.3, -0.25) is 9.78 Å². The molecule has 7 nitrogen and oxygen atoms in total. The van der Waals surface area contributed by atoms with E-state index in [9.17, 15) is 22.0 Å². The SMILES string of the molecule is O=C(c1ccc(OCc2ccncc2)cc1)N1CCN(S(=O)(=O)c2ccc(F)cc2F)CC1. The van der Waals surface area contributed by atoms with E-state index in [1.54, 1.807) is 41.6 Å². The van der Waals surface area contributed by atoms with E-state index in [1.165, 1.54) is 0 Å². The molecule has 1 fully saturated rings. The van der Waals surface area contributed by atoms with Crippen molar-refractivity contribution in [2.45, 2.75) is 11.5 Å². The van der Waals surface area contributed by atoms with Crippen molar-refractivity contribution in [3.8, 4) is 5.75 Å². The van der Waals surface area contributed by atoms with Crippen molar-refractivity contribution in [3.05, 3.63) is 89.8 Å². The third-order valence-corrected chi connectivity index (χ3v) is 7.23. The number of sulfonamides is 1. The first-order chi connectivity index (χ1) is 15.8. The molecule has 1 aromatic heterocycles. The quantitative estimate of drug-likeness (QED) is 0.550. The molecule has 0 spiro atoms. The Kier molecular flexibility index (Phi) is 6.66. The fourth-order valence-corrected chi connectivity index (χ4v) is 4.94. The lowest BCUT2D eigenvalue weighted by atomic mass is 10.2. The number of benzene rings is 2. The Balaban J connectivity index is 1.35. The zero-order chi connectivity index (χ0) is 23.4. The number of rotatable bonds is 6. The second-order valence-electron chi connectivity index (χ2n) is 7.44. The number of carbonyl (C=O) groups is 1. The van der Waals surface area contributed by atoms with Crippen molar-refractivity contribution >= 4 is 15.9 Å². The predicted molar refractivity (Wildman–Crippen MR) is 116 cm³/mol. The Hall–Kier alpha value is -3.37. The first kappa shape index (κ1) is 22.8. The number of ether oxygens (including phenoxy) is 1. The highest BCUT2D eigenvalue weighted by Gasteiger charge is 2.32. The van der Waals surface area contributed by atoms with E-state index in [1.807, 2.05) is 12.1 Å². The Morgan fingerprint density at radius 3 is 2.24 bits per heavy atom. The molecule has 2 heterocycles. The molecule has 1 aliphatic heterocycles. The summed E-state index contributed by atoms with van der Waals surface area (Å²) in [5.74, 6) is -1.61. The van der Waals surface area contributed by atoms with E-state index in [0.717, 1.165) is 22.0 Å². The van der Waals surface area contributed by atoms with Gasteiger partial charge in [0.2, 0.25) is 10.0 Å². The van der Waals surface area contributed by atoms with Crippen LogP contribution in [0.1, 0.15) is 15.9 Å². The Bertz CT molecular complexity index is 1230. The predicted octanol–water partition coefficient (Wildman–Crippen LogP) is 3.09. The van der Waals surface area contributed by atoms with Crippen LogP contribution in [0.25, 0.3) is 0 Å². The van der Waals surface area contributed by atoms with Gasteiger partial charge in [0.25, 0.3) is 5.91 Å². The van der Waals surface area contributed by atoms with E-state index in [4.69, 9.17) is 4.74 Å². The molecule has 0 bridgehead atoms. The first-order valence-electron chi connectivity index (χ1n) is 10.2. The van der Waals surface area contributed by atoms with Crippen molar-refractivity contribution < 1.29 is 26.7 Å². The Morgan fingerprint density at radius 2 is 1.61 bits per heavy atom. The van der Waals surface area contributed by atoms with Crippen LogP contribution in [-0.2, 0) is 16.6 Å². The van der Waals surface area contributed by atoms with E-state index in [2.05, 4.69) is 4.98 Å². The highest BCUT2D eigenvalue weighted by Crippen LogP contribution is 2.22. The molecule has 4 rings (SSSR count). The lowest BCUT2D eigenvalue weighted by Crippen LogP contribution is -2.50. The molecule has 0 atom stereocenters. The van der Waals surface area contributed by atoms with Crippen LogP contribution in [-0.4, -0.2) is 54.7 Å². The molecule has 0 saturated carbocycles. The van der Waals surface area contributed by atoms with Crippen LogP contribution in [0.2, 0.25) is 0 Å². The van der Waals surface area contributed by atoms with Gasteiger partial charge in [-0.15, -0.1) is 0 Å². The van der Waals surface area contributed by atoms with Crippen molar-refractivity contribution in [2.24, 2.45) is 0 Å². The maximum atomic E-state index is 14.0. The van der Waals surface area contributed by atoms with Crippen LogP contribution >= 0.6 is 0 Å². The highest BCUT2D eigenvalue weighted by atomic mass is 32.2. The summed E-state index contributed by atoms with van der Waals surface area (Å²) in [6.07, 6.45) is 3.36. The molecule has 0 radical (unpaired) electrons. The molecule has 0 aliphatic carbocycles. The first-order valence-corrected chi connectivity index (χ1v) is 11.6. The van der Waals surface area contributed by atoms with Gasteiger partial charge in [0, 0.05) is 50.2 Å². The molecular weight excluding hydrogens is 452 g/mol. The number of hydrogen-bond donors (Lipinski definition) is 0. The van der Waals surface area contributed by atoms with E-state index < -0.39 is 26.6 Å². The molecule has 1 aliphatic rings. The summed E-state index contributed by atoms with van der Waals surface area (Å²) in [5.41, 5.74) is 1.42. The minimum absolute atomic E-state index is 0.0119. The lowest BCUT2D eigenvalue weighted by Gasteiger charge is -2.34. The largest absolute Gasteiger partial charge is 0.489 e. The summed E-state index contributed by atoms with van der Waals surface area (Å²) < 4.78 is 59.3. The molecule has 0 unspecified atom stereocenters. The fraction of sp³-hybridized carbons (Fsp3) is 0.217. The third-order valence-electron chi connectivity index (χ3n) is 5.29. The topological polar surface area (TPSA) is 79.8 Å². The van der Waals surface area contributed by atoms with Crippen LogP contribution in [0.5, 0.6) is 5.75 Å². The average Bonchev–Trinajstić information content (AvgIpc) is 2.83. The van der Waals surface area contributed by atoms with Crippen molar-refractivity contribution in [1.29, 1.82) is 0 Å². The van der Waals surface area contributed by atoms with Crippen molar-refractivity contribution in [1.82, 2.24) is 14.2 Å². The maximum Gasteiger partial charge on any atom is 0.253 e. The maximum absolute atomic E-state index is 14.0. The number of pyridine rings is 1. The number of piperazine rings is 1. The molecule has 1 saturated heterocycles. The molecule has 3 aromatic rings. The standard InChI is InChI=1S/C23H21F2N3O4S/c24-19-3-6-22(21(25)15-19)33(30,31)28-13-11-27(12-14-28)23(29)18-1-4-20(5-2-18)32-16-17-7-9-26-10-8-17/h1-10,15H,11-14,16H2. The molecule has 2 aromatic carbocycles. The fourth-order valence-electron chi connectivity index (χ4n) is 3.48. The van der Waals surface area contributed by atoms with Crippen molar-refractivity contribution in [2.75, 3.05) is 26.2 Å². The molecule has 10 heteroatoms. The lowest BCUT2D eigenvalue weighted by molar-refractivity contribution is 0.0697. The van der Waals surface area contributed by atoms with Gasteiger partial charge >= 0.3 is 0 Å². The summed E-state index contributed by atoms with van der Waals surface area (Å²) in [5, 5.41) is 0. The minimum atomic E-state index is -4.12. The number of carbonyl (C=O) groups excluding carboxylic acids is 1. The zero-order valence-corrected chi connectivity index (χ0v) is 18.3. The van der Waals surface area contributed by atoms with Crippen molar-refractivity contribution in [3.63, 3.8) is 0 Å². The van der Waals surface area contributed by atoms with Crippen LogP contribution < -0.4 is 4.74 Å². The number of amides is 1. The van der Waals surface area contributed by atoms with E-state index in [-0.39, 0.29) is 32.1 Å². The number of aromatic nitrogens is 1. The second kappa shape index (κ2) is 9.63.